The minimum Gasteiger partial charge on any atom is -0.335 e. The van der Waals surface area contributed by atoms with Gasteiger partial charge in [0.05, 0.1) is 13.1 Å². The molecule has 0 aromatic carbocycles. The van der Waals surface area contributed by atoms with Crippen molar-refractivity contribution in [2.24, 2.45) is 11.8 Å². The van der Waals surface area contributed by atoms with Crippen molar-refractivity contribution in [3.63, 3.8) is 0 Å². The van der Waals surface area contributed by atoms with Crippen LogP contribution in [0.2, 0.25) is 0 Å². The SMILES string of the molecule is O=C(CC1CC1)N1Cc2nccn2C[C@H](Cn2ncccc2=O)C1. The zero-order valence-corrected chi connectivity index (χ0v) is 13.5. The van der Waals surface area contributed by atoms with Crippen molar-refractivity contribution in [1.82, 2.24) is 24.2 Å². The van der Waals surface area contributed by atoms with Crippen LogP contribution in [0, 0.1) is 11.8 Å². The van der Waals surface area contributed by atoms with E-state index in [1.807, 2.05) is 11.1 Å². The Morgan fingerprint density at radius 1 is 1.21 bits per heavy atom. The Kier molecular flexibility index (Phi) is 3.92. The molecule has 7 nitrogen and oxygen atoms in total. The van der Waals surface area contributed by atoms with Gasteiger partial charge < -0.3 is 9.47 Å². The second-order valence-electron chi connectivity index (χ2n) is 6.83. The monoisotopic (exact) mass is 327 g/mol. The summed E-state index contributed by atoms with van der Waals surface area (Å²) in [6, 6.07) is 3.16. The molecule has 0 saturated heterocycles. The summed E-state index contributed by atoms with van der Waals surface area (Å²) < 4.78 is 3.57. The van der Waals surface area contributed by atoms with E-state index < -0.39 is 0 Å². The first-order chi connectivity index (χ1) is 11.7. The molecule has 1 aliphatic heterocycles. The summed E-state index contributed by atoms with van der Waals surface area (Å²) in [6.45, 7) is 2.43. The molecule has 1 fully saturated rings. The first-order valence-electron chi connectivity index (χ1n) is 8.49. The third kappa shape index (κ3) is 3.25. The van der Waals surface area contributed by atoms with Gasteiger partial charge in [-0.3, -0.25) is 9.59 Å². The van der Waals surface area contributed by atoms with E-state index in [1.54, 1.807) is 18.5 Å². The van der Waals surface area contributed by atoms with Crippen LogP contribution in [0.5, 0.6) is 0 Å². The van der Waals surface area contributed by atoms with E-state index in [4.69, 9.17) is 0 Å². The predicted octanol–water partition coefficient (Wildman–Crippen LogP) is 0.898. The number of rotatable bonds is 4. The molecular weight excluding hydrogens is 306 g/mol. The number of carbonyl (C=O) groups is 1. The lowest BCUT2D eigenvalue weighted by Crippen LogP contribution is -2.37. The summed E-state index contributed by atoms with van der Waals surface area (Å²) in [5.74, 6) is 1.82. The Hall–Kier alpha value is -2.44. The molecule has 0 unspecified atom stereocenters. The molecule has 126 valence electrons. The molecule has 1 saturated carbocycles. The molecule has 7 heteroatoms. The topological polar surface area (TPSA) is 73.0 Å². The number of amides is 1. The van der Waals surface area contributed by atoms with Crippen molar-refractivity contribution in [1.29, 1.82) is 0 Å². The maximum atomic E-state index is 12.6. The Morgan fingerprint density at radius 3 is 2.88 bits per heavy atom. The zero-order chi connectivity index (χ0) is 16.5. The van der Waals surface area contributed by atoms with Gasteiger partial charge in [-0.2, -0.15) is 5.10 Å². The van der Waals surface area contributed by atoms with Gasteiger partial charge in [0.1, 0.15) is 5.82 Å². The van der Waals surface area contributed by atoms with Crippen molar-refractivity contribution in [2.75, 3.05) is 6.54 Å². The summed E-state index contributed by atoms with van der Waals surface area (Å²) in [5.41, 5.74) is -0.108. The molecule has 0 N–H and O–H groups in total. The molecule has 2 aliphatic rings. The van der Waals surface area contributed by atoms with Crippen LogP contribution in [0.15, 0.2) is 35.5 Å². The van der Waals surface area contributed by atoms with Crippen LogP contribution >= 0.6 is 0 Å². The van der Waals surface area contributed by atoms with Gasteiger partial charge in [-0.1, -0.05) is 0 Å². The van der Waals surface area contributed by atoms with Crippen LogP contribution in [0.25, 0.3) is 0 Å². The first-order valence-corrected chi connectivity index (χ1v) is 8.49. The van der Waals surface area contributed by atoms with E-state index in [0.717, 1.165) is 12.4 Å². The molecule has 0 spiro atoms. The second kappa shape index (κ2) is 6.22. The van der Waals surface area contributed by atoms with Crippen LogP contribution in [-0.4, -0.2) is 36.7 Å². The number of hydrogen-bond acceptors (Lipinski definition) is 4. The molecule has 1 atom stereocenters. The van der Waals surface area contributed by atoms with Crippen LogP contribution in [0.4, 0.5) is 0 Å². The smallest absolute Gasteiger partial charge is 0.266 e. The van der Waals surface area contributed by atoms with E-state index in [-0.39, 0.29) is 17.4 Å². The quantitative estimate of drug-likeness (QED) is 0.836. The normalized spacial score (nSPS) is 20.5. The van der Waals surface area contributed by atoms with Crippen molar-refractivity contribution < 1.29 is 4.79 Å². The Morgan fingerprint density at radius 2 is 2.08 bits per heavy atom. The van der Waals surface area contributed by atoms with Gasteiger partial charge in [0, 0.05) is 50.1 Å². The van der Waals surface area contributed by atoms with Crippen molar-refractivity contribution in [3.8, 4) is 0 Å². The Balaban J connectivity index is 1.55. The highest BCUT2D eigenvalue weighted by molar-refractivity contribution is 5.76. The highest BCUT2D eigenvalue weighted by Gasteiger charge is 2.30. The summed E-state index contributed by atoms with van der Waals surface area (Å²) in [4.78, 5) is 30.8. The van der Waals surface area contributed by atoms with Gasteiger partial charge >= 0.3 is 0 Å². The van der Waals surface area contributed by atoms with E-state index in [0.29, 0.717) is 32.0 Å². The van der Waals surface area contributed by atoms with Gasteiger partial charge in [0.25, 0.3) is 5.56 Å². The van der Waals surface area contributed by atoms with Gasteiger partial charge in [-0.25, -0.2) is 9.67 Å². The largest absolute Gasteiger partial charge is 0.335 e. The lowest BCUT2D eigenvalue weighted by Gasteiger charge is -2.24. The van der Waals surface area contributed by atoms with E-state index in [1.165, 1.54) is 23.6 Å². The second-order valence-corrected chi connectivity index (χ2v) is 6.83. The summed E-state index contributed by atoms with van der Waals surface area (Å²) >= 11 is 0. The fourth-order valence-corrected chi connectivity index (χ4v) is 3.31. The third-order valence-electron chi connectivity index (χ3n) is 4.80. The summed E-state index contributed by atoms with van der Waals surface area (Å²) in [7, 11) is 0. The standard InChI is InChI=1S/C17H21N5O2/c23-16-2-1-5-19-22(16)11-14-9-20-7-6-18-15(20)12-21(10-14)17(24)8-13-3-4-13/h1-2,5-7,13-14H,3-4,8-12H2/t14-/m0/s1. The fraction of sp³-hybridized carbons (Fsp3) is 0.529. The van der Waals surface area contributed by atoms with Crippen LogP contribution < -0.4 is 5.56 Å². The molecular formula is C17H21N5O2. The summed E-state index contributed by atoms with van der Waals surface area (Å²) in [6.07, 6.45) is 8.31. The lowest BCUT2D eigenvalue weighted by molar-refractivity contribution is -0.132. The van der Waals surface area contributed by atoms with Crippen LogP contribution in [0.3, 0.4) is 0 Å². The lowest BCUT2D eigenvalue weighted by atomic mass is 10.1. The number of aromatic nitrogens is 4. The van der Waals surface area contributed by atoms with Crippen molar-refractivity contribution in [3.05, 3.63) is 46.9 Å². The highest BCUT2D eigenvalue weighted by Crippen LogP contribution is 2.33. The highest BCUT2D eigenvalue weighted by atomic mass is 16.2. The number of imidazole rings is 1. The molecule has 0 radical (unpaired) electrons. The maximum absolute atomic E-state index is 12.6. The first kappa shape index (κ1) is 15.1. The van der Waals surface area contributed by atoms with Gasteiger partial charge in [0.15, 0.2) is 0 Å². The Bertz CT molecular complexity index is 792. The fourth-order valence-electron chi connectivity index (χ4n) is 3.31. The Labute approximate surface area is 139 Å². The zero-order valence-electron chi connectivity index (χ0n) is 13.5. The number of hydrogen-bond donors (Lipinski definition) is 0. The maximum Gasteiger partial charge on any atom is 0.266 e. The molecule has 3 heterocycles. The minimum atomic E-state index is -0.108. The van der Waals surface area contributed by atoms with E-state index in [2.05, 4.69) is 14.6 Å². The predicted molar refractivity (Wildman–Crippen MR) is 87.0 cm³/mol. The van der Waals surface area contributed by atoms with E-state index >= 15 is 0 Å². The summed E-state index contributed by atoms with van der Waals surface area (Å²) in [5, 5.41) is 4.15. The molecule has 24 heavy (non-hydrogen) atoms. The number of fused-ring (bicyclic) bond motifs is 1. The average Bonchev–Trinajstić information content (AvgIpc) is 3.31. The minimum absolute atomic E-state index is 0.108. The molecule has 2 aromatic heterocycles. The van der Waals surface area contributed by atoms with Crippen LogP contribution in [0.1, 0.15) is 25.1 Å². The number of nitrogens with zero attached hydrogens (tertiary/aromatic N) is 5. The third-order valence-corrected chi connectivity index (χ3v) is 4.80. The van der Waals surface area contributed by atoms with Crippen LogP contribution in [-0.2, 0) is 24.4 Å². The molecule has 2 aromatic rings. The molecule has 1 amide bonds. The van der Waals surface area contributed by atoms with Crippen molar-refractivity contribution in [2.45, 2.75) is 38.9 Å². The van der Waals surface area contributed by atoms with Gasteiger partial charge in [-0.15, -0.1) is 0 Å². The van der Waals surface area contributed by atoms with E-state index in [9.17, 15) is 9.59 Å². The molecule has 4 rings (SSSR count). The van der Waals surface area contributed by atoms with Gasteiger partial charge in [-0.05, 0) is 24.8 Å². The number of carbonyl (C=O) groups excluding carboxylic acids is 1. The molecule has 0 bridgehead atoms. The average molecular weight is 327 g/mol. The van der Waals surface area contributed by atoms with Crippen molar-refractivity contribution >= 4 is 5.91 Å². The molecule has 1 aliphatic carbocycles. The van der Waals surface area contributed by atoms with Gasteiger partial charge in [0.2, 0.25) is 5.91 Å².